The first kappa shape index (κ1) is 21.0. The number of likely N-dealkylation sites (N-methyl/N-ethyl adjacent to an activating group) is 1. The van der Waals surface area contributed by atoms with Gasteiger partial charge in [-0.25, -0.2) is 18.4 Å². The fraction of sp³-hybridized carbons (Fsp3) is 0.632. The summed E-state index contributed by atoms with van der Waals surface area (Å²) in [4.78, 5) is 16.2. The summed E-state index contributed by atoms with van der Waals surface area (Å²) in [6.07, 6.45) is 0. The molecule has 30 heavy (non-hydrogen) atoms. The first-order chi connectivity index (χ1) is 14.3. The van der Waals surface area contributed by atoms with Crippen LogP contribution in [-0.4, -0.2) is 92.2 Å². The predicted octanol–water partition coefficient (Wildman–Crippen LogP) is 0.653. The lowest BCUT2D eigenvalue weighted by molar-refractivity contribution is 0.312. The Labute approximate surface area is 177 Å². The maximum Gasteiger partial charge on any atom is 0.248 e. The second kappa shape index (κ2) is 8.12. The molecule has 164 valence electrons. The van der Waals surface area contributed by atoms with Gasteiger partial charge in [0.15, 0.2) is 5.76 Å². The molecule has 0 N–H and O–H groups in total. The Bertz CT molecular complexity index is 988. The Morgan fingerprint density at radius 2 is 1.40 bits per heavy atom. The molecule has 0 aliphatic carbocycles. The van der Waals surface area contributed by atoms with Crippen LogP contribution in [0.1, 0.15) is 17.3 Å². The highest BCUT2D eigenvalue weighted by molar-refractivity contribution is 7.89. The summed E-state index contributed by atoms with van der Waals surface area (Å²) in [5, 5.41) is 3.79. The number of aryl methyl sites for hydroxylation is 3. The minimum absolute atomic E-state index is 0.186. The van der Waals surface area contributed by atoms with Gasteiger partial charge in [-0.05, 0) is 27.8 Å². The molecule has 4 heterocycles. The minimum atomic E-state index is -3.62. The lowest BCUT2D eigenvalue weighted by atomic mass is 10.3. The summed E-state index contributed by atoms with van der Waals surface area (Å²) in [6, 6.07) is 2.02. The van der Waals surface area contributed by atoms with Crippen molar-refractivity contribution in [3.63, 3.8) is 0 Å². The van der Waals surface area contributed by atoms with Crippen LogP contribution in [0.3, 0.4) is 0 Å². The Balaban J connectivity index is 1.48. The van der Waals surface area contributed by atoms with E-state index in [4.69, 9.17) is 4.52 Å². The zero-order valence-electron chi connectivity index (χ0n) is 18.0. The molecule has 0 atom stereocenters. The Morgan fingerprint density at radius 1 is 0.867 bits per heavy atom. The Kier molecular flexibility index (Phi) is 5.69. The maximum absolute atomic E-state index is 13.0. The highest BCUT2D eigenvalue weighted by Gasteiger charge is 2.33. The number of anilines is 2. The van der Waals surface area contributed by atoms with Gasteiger partial charge in [0.1, 0.15) is 28.0 Å². The maximum atomic E-state index is 13.0. The van der Waals surface area contributed by atoms with Crippen LogP contribution in [0, 0.1) is 20.8 Å². The number of rotatable bonds is 4. The summed E-state index contributed by atoms with van der Waals surface area (Å²) in [5.41, 5.74) is 0.401. The first-order valence-electron chi connectivity index (χ1n) is 10.2. The second-order valence-corrected chi connectivity index (χ2v) is 9.84. The average molecular weight is 436 g/mol. The molecule has 10 nitrogen and oxygen atoms in total. The van der Waals surface area contributed by atoms with Crippen molar-refractivity contribution in [3.8, 4) is 0 Å². The van der Waals surface area contributed by atoms with Crippen LogP contribution in [0.5, 0.6) is 0 Å². The van der Waals surface area contributed by atoms with Crippen LogP contribution in [-0.2, 0) is 10.0 Å². The highest BCUT2D eigenvalue weighted by atomic mass is 32.2. The summed E-state index contributed by atoms with van der Waals surface area (Å²) in [5.74, 6) is 2.85. The van der Waals surface area contributed by atoms with E-state index in [1.807, 2.05) is 13.0 Å². The van der Waals surface area contributed by atoms with Crippen LogP contribution in [0.25, 0.3) is 0 Å². The Morgan fingerprint density at radius 3 is 1.90 bits per heavy atom. The molecule has 0 saturated carbocycles. The second-order valence-electron chi connectivity index (χ2n) is 7.97. The van der Waals surface area contributed by atoms with Crippen molar-refractivity contribution in [2.24, 2.45) is 0 Å². The number of aromatic nitrogens is 3. The number of hydrogen-bond acceptors (Lipinski definition) is 9. The molecule has 2 saturated heterocycles. The lowest BCUT2D eigenvalue weighted by Gasteiger charge is -2.36. The van der Waals surface area contributed by atoms with Gasteiger partial charge in [-0.2, -0.15) is 4.31 Å². The summed E-state index contributed by atoms with van der Waals surface area (Å²) in [6.45, 7) is 11.0. The fourth-order valence-electron chi connectivity index (χ4n) is 4.03. The van der Waals surface area contributed by atoms with Gasteiger partial charge in [0, 0.05) is 58.4 Å². The fourth-order valence-corrected chi connectivity index (χ4v) is 5.74. The van der Waals surface area contributed by atoms with Crippen LogP contribution >= 0.6 is 0 Å². The molecule has 2 aromatic rings. The van der Waals surface area contributed by atoms with Crippen molar-refractivity contribution in [1.29, 1.82) is 0 Å². The summed E-state index contributed by atoms with van der Waals surface area (Å²) < 4.78 is 32.7. The molecule has 0 aromatic carbocycles. The molecular formula is C19H29N7O3S. The van der Waals surface area contributed by atoms with E-state index in [1.165, 1.54) is 4.31 Å². The number of nitrogens with zero attached hydrogens (tertiary/aromatic N) is 7. The van der Waals surface area contributed by atoms with Crippen LogP contribution < -0.4 is 9.80 Å². The average Bonchev–Trinajstić information content (AvgIpc) is 3.07. The van der Waals surface area contributed by atoms with Gasteiger partial charge in [0.25, 0.3) is 0 Å². The largest absolute Gasteiger partial charge is 0.360 e. The van der Waals surface area contributed by atoms with Crippen molar-refractivity contribution in [3.05, 3.63) is 23.3 Å². The van der Waals surface area contributed by atoms with Gasteiger partial charge < -0.3 is 19.2 Å². The third-order valence-electron chi connectivity index (χ3n) is 5.77. The molecule has 2 fully saturated rings. The third-order valence-corrected chi connectivity index (χ3v) is 7.91. The van der Waals surface area contributed by atoms with Crippen LogP contribution in [0.15, 0.2) is 15.5 Å². The van der Waals surface area contributed by atoms with E-state index in [0.717, 1.165) is 43.6 Å². The van der Waals surface area contributed by atoms with Gasteiger partial charge in [-0.15, -0.1) is 0 Å². The molecule has 2 aliphatic heterocycles. The minimum Gasteiger partial charge on any atom is -0.360 e. The van der Waals surface area contributed by atoms with Gasteiger partial charge in [-0.1, -0.05) is 5.16 Å². The molecule has 2 aliphatic rings. The highest BCUT2D eigenvalue weighted by Crippen LogP contribution is 2.26. The van der Waals surface area contributed by atoms with E-state index in [-0.39, 0.29) is 4.90 Å². The van der Waals surface area contributed by atoms with Crippen molar-refractivity contribution < 1.29 is 12.9 Å². The standard InChI is InChI=1S/C19H29N7O3S/c1-14-19(15(2)29-22-14)30(27,28)26-11-9-25(10-12-26)18-13-17(20-16(3)21-18)24-7-5-23(4)6-8-24/h13H,5-12H2,1-4H3. The zero-order chi connectivity index (χ0) is 21.5. The molecule has 0 unspecified atom stereocenters. The van der Waals surface area contributed by atoms with E-state index >= 15 is 0 Å². The zero-order valence-corrected chi connectivity index (χ0v) is 18.8. The van der Waals surface area contributed by atoms with Gasteiger partial charge >= 0.3 is 0 Å². The third kappa shape index (κ3) is 4.01. The van der Waals surface area contributed by atoms with E-state index in [9.17, 15) is 8.42 Å². The van der Waals surface area contributed by atoms with Gasteiger partial charge in [-0.3, -0.25) is 0 Å². The first-order valence-corrected chi connectivity index (χ1v) is 11.7. The number of hydrogen-bond donors (Lipinski definition) is 0. The van der Waals surface area contributed by atoms with Crippen molar-refractivity contribution in [1.82, 2.24) is 24.3 Å². The number of sulfonamides is 1. The van der Waals surface area contributed by atoms with Crippen LogP contribution in [0.4, 0.5) is 11.6 Å². The molecule has 0 spiro atoms. The van der Waals surface area contributed by atoms with Crippen LogP contribution in [0.2, 0.25) is 0 Å². The molecule has 4 rings (SSSR count). The molecule has 0 radical (unpaired) electrons. The van der Waals surface area contributed by atoms with E-state index < -0.39 is 10.0 Å². The molecule has 11 heteroatoms. The SMILES string of the molecule is Cc1nc(N2CCN(C)CC2)cc(N2CCN(S(=O)(=O)c3c(C)noc3C)CC2)n1. The quantitative estimate of drug-likeness (QED) is 0.685. The molecule has 0 amide bonds. The topological polar surface area (TPSA) is 98.9 Å². The summed E-state index contributed by atoms with van der Waals surface area (Å²) in [7, 11) is -1.49. The van der Waals surface area contributed by atoms with E-state index in [0.29, 0.717) is 37.6 Å². The monoisotopic (exact) mass is 435 g/mol. The van der Waals surface area contributed by atoms with Crippen molar-refractivity contribution >= 4 is 21.7 Å². The molecular weight excluding hydrogens is 406 g/mol. The summed E-state index contributed by atoms with van der Waals surface area (Å²) >= 11 is 0. The normalized spacial score (nSPS) is 19.5. The predicted molar refractivity (Wildman–Crippen MR) is 113 cm³/mol. The lowest BCUT2D eigenvalue weighted by Crippen LogP contribution is -2.49. The van der Waals surface area contributed by atoms with Crippen molar-refractivity contribution in [2.45, 2.75) is 25.7 Å². The van der Waals surface area contributed by atoms with Gasteiger partial charge in [0.2, 0.25) is 10.0 Å². The van der Waals surface area contributed by atoms with E-state index in [2.05, 4.69) is 36.9 Å². The smallest absolute Gasteiger partial charge is 0.248 e. The molecule has 0 bridgehead atoms. The van der Waals surface area contributed by atoms with E-state index in [1.54, 1.807) is 13.8 Å². The van der Waals surface area contributed by atoms with Gasteiger partial charge in [0.05, 0.1) is 0 Å². The number of piperazine rings is 2. The van der Waals surface area contributed by atoms with Crippen molar-refractivity contribution in [2.75, 3.05) is 69.2 Å². The Hall–Kier alpha value is -2.24. The molecule has 2 aromatic heterocycles.